The lowest BCUT2D eigenvalue weighted by Gasteiger charge is -2.12. The van der Waals surface area contributed by atoms with Crippen molar-refractivity contribution in [3.05, 3.63) is 76.2 Å². The van der Waals surface area contributed by atoms with Gasteiger partial charge in [-0.2, -0.15) is 0 Å². The molecule has 0 atom stereocenters. The van der Waals surface area contributed by atoms with Crippen LogP contribution in [0.4, 0.5) is 5.69 Å². The molecule has 2 aromatic carbocycles. The second-order valence-electron chi connectivity index (χ2n) is 6.06. The number of nitrogens with one attached hydrogen (secondary N) is 2. The van der Waals surface area contributed by atoms with E-state index in [9.17, 15) is 4.79 Å². The number of para-hydroxylation sites is 2. The average molecular weight is 382 g/mol. The Morgan fingerprint density at radius 3 is 2.48 bits per heavy atom. The third-order valence-corrected chi connectivity index (χ3v) is 4.67. The number of hydrogen-bond donors (Lipinski definition) is 2. The molecule has 2 N–H and O–H groups in total. The molecule has 0 aliphatic rings. The summed E-state index contributed by atoms with van der Waals surface area (Å²) in [4.78, 5) is 12.9. The summed E-state index contributed by atoms with van der Waals surface area (Å²) in [6.45, 7) is 2.38. The monoisotopic (exact) mass is 382 g/mol. The molecule has 0 unspecified atom stereocenters. The maximum absolute atomic E-state index is 12.9. The molecule has 1 heterocycles. The smallest absolute Gasteiger partial charge is 0.295 e. The Morgan fingerprint density at radius 1 is 1.11 bits per heavy atom. The number of hydrogen-bond acceptors (Lipinski definition) is 3. The number of rotatable bonds is 5. The van der Waals surface area contributed by atoms with E-state index in [2.05, 4.69) is 10.6 Å². The van der Waals surface area contributed by atoms with Crippen LogP contribution in [0.1, 0.15) is 11.3 Å². The van der Waals surface area contributed by atoms with E-state index in [0.717, 1.165) is 22.7 Å². The van der Waals surface area contributed by atoms with Crippen molar-refractivity contribution in [2.24, 2.45) is 7.05 Å². The molecular weight excluding hydrogens is 360 g/mol. The van der Waals surface area contributed by atoms with Crippen LogP contribution in [0.2, 0.25) is 0 Å². The van der Waals surface area contributed by atoms with Crippen LogP contribution in [0.15, 0.2) is 59.4 Å². The molecule has 3 rings (SSSR count). The molecule has 0 aliphatic heterocycles. The molecule has 0 saturated carbocycles. The summed E-state index contributed by atoms with van der Waals surface area (Å²) in [5.74, 6) is 0.787. The highest BCUT2D eigenvalue weighted by molar-refractivity contribution is 7.80. The standard InChI is InChI=1S/C20H22N4O2S/c1-14-18(19(25)24(23(14)2)16-10-5-4-6-11-16)22-20(27)21-13-15-9-7-8-12-17(15)26-3/h4-12H,13H2,1-3H3,(H2,21,22,27). The van der Waals surface area contributed by atoms with Crippen LogP contribution in [0.5, 0.6) is 5.75 Å². The molecule has 0 bridgehead atoms. The highest BCUT2D eigenvalue weighted by Gasteiger charge is 2.17. The van der Waals surface area contributed by atoms with Gasteiger partial charge in [0.25, 0.3) is 5.56 Å². The highest BCUT2D eigenvalue weighted by Crippen LogP contribution is 2.17. The van der Waals surface area contributed by atoms with E-state index in [1.165, 1.54) is 0 Å². The molecule has 3 aromatic rings. The minimum atomic E-state index is -0.150. The molecule has 1 aromatic heterocycles. The second-order valence-corrected chi connectivity index (χ2v) is 6.46. The zero-order chi connectivity index (χ0) is 19.4. The molecule has 7 heteroatoms. The Morgan fingerprint density at radius 2 is 1.78 bits per heavy atom. The van der Waals surface area contributed by atoms with Gasteiger partial charge in [0.15, 0.2) is 5.11 Å². The van der Waals surface area contributed by atoms with Crippen LogP contribution in [-0.4, -0.2) is 21.6 Å². The maximum atomic E-state index is 12.9. The average Bonchev–Trinajstić information content (AvgIpc) is 2.90. The maximum Gasteiger partial charge on any atom is 0.295 e. The van der Waals surface area contributed by atoms with Crippen molar-refractivity contribution in [2.45, 2.75) is 13.5 Å². The van der Waals surface area contributed by atoms with Gasteiger partial charge in [0.05, 0.1) is 18.5 Å². The number of anilines is 1. The van der Waals surface area contributed by atoms with Gasteiger partial charge in [-0.1, -0.05) is 36.4 Å². The Kier molecular flexibility index (Phi) is 5.61. The Hall–Kier alpha value is -3.06. The minimum absolute atomic E-state index is 0.150. The van der Waals surface area contributed by atoms with Crippen molar-refractivity contribution in [1.29, 1.82) is 0 Å². The Labute approximate surface area is 163 Å². The first-order chi connectivity index (χ1) is 13.0. The first-order valence-electron chi connectivity index (χ1n) is 8.53. The second kappa shape index (κ2) is 8.09. The molecule has 0 spiro atoms. The topological polar surface area (TPSA) is 60.2 Å². The molecule has 0 aliphatic carbocycles. The lowest BCUT2D eigenvalue weighted by molar-refractivity contribution is 0.409. The van der Waals surface area contributed by atoms with Gasteiger partial charge in [0, 0.05) is 19.2 Å². The van der Waals surface area contributed by atoms with Gasteiger partial charge < -0.3 is 15.4 Å². The number of thiocarbonyl (C=S) groups is 1. The molecule has 0 radical (unpaired) electrons. The summed E-state index contributed by atoms with van der Waals surface area (Å²) in [5.41, 5.74) is 2.89. The number of nitrogens with zero attached hydrogens (tertiary/aromatic N) is 2. The van der Waals surface area contributed by atoms with Crippen LogP contribution in [0.3, 0.4) is 0 Å². The fraction of sp³-hybridized carbons (Fsp3) is 0.200. The number of methoxy groups -OCH3 is 1. The van der Waals surface area contributed by atoms with Crippen molar-refractivity contribution in [3.8, 4) is 11.4 Å². The van der Waals surface area contributed by atoms with Gasteiger partial charge >= 0.3 is 0 Å². The van der Waals surface area contributed by atoms with E-state index < -0.39 is 0 Å². The lowest BCUT2D eigenvalue weighted by atomic mass is 10.2. The summed E-state index contributed by atoms with van der Waals surface area (Å²) >= 11 is 5.38. The normalized spacial score (nSPS) is 10.5. The van der Waals surface area contributed by atoms with E-state index in [1.807, 2.05) is 73.3 Å². The largest absolute Gasteiger partial charge is 0.496 e. The SMILES string of the molecule is COc1ccccc1CNC(=S)Nc1c(C)n(C)n(-c2ccccc2)c1=O. The van der Waals surface area contributed by atoms with Crippen molar-refractivity contribution in [2.75, 3.05) is 12.4 Å². The molecule has 27 heavy (non-hydrogen) atoms. The van der Waals surface area contributed by atoms with Gasteiger partial charge in [-0.3, -0.25) is 9.48 Å². The van der Waals surface area contributed by atoms with E-state index in [-0.39, 0.29) is 5.56 Å². The summed E-state index contributed by atoms with van der Waals surface area (Å²) < 4.78 is 8.76. The summed E-state index contributed by atoms with van der Waals surface area (Å²) in [6.07, 6.45) is 0. The van der Waals surface area contributed by atoms with E-state index in [4.69, 9.17) is 17.0 Å². The highest BCUT2D eigenvalue weighted by atomic mass is 32.1. The zero-order valence-electron chi connectivity index (χ0n) is 15.5. The van der Waals surface area contributed by atoms with Crippen molar-refractivity contribution >= 4 is 23.0 Å². The van der Waals surface area contributed by atoms with Gasteiger partial charge in [0.2, 0.25) is 0 Å². The summed E-state index contributed by atoms with van der Waals surface area (Å²) in [6, 6.07) is 17.2. The minimum Gasteiger partial charge on any atom is -0.496 e. The molecule has 0 saturated heterocycles. The predicted octanol–water partition coefficient (Wildman–Crippen LogP) is 2.98. The van der Waals surface area contributed by atoms with Crippen LogP contribution in [-0.2, 0) is 13.6 Å². The number of aromatic nitrogens is 2. The number of ether oxygens (including phenoxy) is 1. The third-order valence-electron chi connectivity index (χ3n) is 4.42. The first kappa shape index (κ1) is 18.7. The van der Waals surface area contributed by atoms with Crippen LogP contribution >= 0.6 is 12.2 Å². The van der Waals surface area contributed by atoms with Gasteiger partial charge in [-0.15, -0.1) is 0 Å². The predicted molar refractivity (Wildman–Crippen MR) is 112 cm³/mol. The first-order valence-corrected chi connectivity index (χ1v) is 8.94. The molecule has 0 amide bonds. The van der Waals surface area contributed by atoms with Crippen molar-refractivity contribution < 1.29 is 4.74 Å². The number of benzene rings is 2. The molecular formula is C20H22N4O2S. The zero-order valence-corrected chi connectivity index (χ0v) is 16.3. The summed E-state index contributed by atoms with van der Waals surface area (Å²) in [5, 5.41) is 6.55. The van der Waals surface area contributed by atoms with Gasteiger partial charge in [-0.05, 0) is 37.3 Å². The molecule has 6 nitrogen and oxygen atoms in total. The van der Waals surface area contributed by atoms with Crippen molar-refractivity contribution in [3.63, 3.8) is 0 Å². The Bertz CT molecular complexity index is 1010. The van der Waals surface area contributed by atoms with Crippen LogP contribution < -0.4 is 20.9 Å². The molecule has 0 fully saturated rings. The van der Waals surface area contributed by atoms with Crippen LogP contribution in [0.25, 0.3) is 5.69 Å². The van der Waals surface area contributed by atoms with Crippen molar-refractivity contribution in [1.82, 2.24) is 14.7 Å². The quantitative estimate of drug-likeness (QED) is 0.665. The lowest BCUT2D eigenvalue weighted by Crippen LogP contribution is -2.30. The fourth-order valence-corrected chi connectivity index (χ4v) is 3.07. The van der Waals surface area contributed by atoms with Gasteiger partial charge in [0.1, 0.15) is 11.4 Å². The van der Waals surface area contributed by atoms with E-state index >= 15 is 0 Å². The van der Waals surface area contributed by atoms with E-state index in [0.29, 0.717) is 17.3 Å². The van der Waals surface area contributed by atoms with Crippen LogP contribution in [0, 0.1) is 6.92 Å². The third kappa shape index (κ3) is 3.88. The van der Waals surface area contributed by atoms with Gasteiger partial charge in [-0.25, -0.2) is 4.68 Å². The molecule has 140 valence electrons. The summed E-state index contributed by atoms with van der Waals surface area (Å²) in [7, 11) is 3.48. The Balaban J connectivity index is 1.78. The fourth-order valence-electron chi connectivity index (χ4n) is 2.89. The van der Waals surface area contributed by atoms with E-state index in [1.54, 1.807) is 11.8 Å².